The molecule has 0 unspecified atom stereocenters. The number of carbonyl (C=O) groups is 2. The summed E-state index contributed by atoms with van der Waals surface area (Å²) in [6, 6.07) is 7.18. The molecule has 0 aliphatic carbocycles. The summed E-state index contributed by atoms with van der Waals surface area (Å²) >= 11 is 6.47. The number of carbonyl (C=O) groups excluding carboxylic acids is 2. The molecular formula is C16H17N3O3S2. The minimum atomic E-state index is -0.310. The molecule has 0 radical (unpaired) electrons. The third-order valence-electron chi connectivity index (χ3n) is 3.23. The van der Waals surface area contributed by atoms with Gasteiger partial charge in [-0.3, -0.25) is 14.2 Å². The van der Waals surface area contributed by atoms with Crippen LogP contribution in [0.3, 0.4) is 0 Å². The number of nitrogens with two attached hydrogens (primary N) is 1. The monoisotopic (exact) mass is 363 g/mol. The van der Waals surface area contributed by atoms with Crippen LogP contribution in [0.15, 0.2) is 36.9 Å². The van der Waals surface area contributed by atoms with Crippen molar-refractivity contribution in [2.24, 2.45) is 0 Å². The van der Waals surface area contributed by atoms with Crippen molar-refractivity contribution >= 4 is 41.2 Å². The summed E-state index contributed by atoms with van der Waals surface area (Å²) in [6.45, 7) is 3.90. The highest BCUT2D eigenvalue weighted by Crippen LogP contribution is 2.26. The third kappa shape index (κ3) is 3.90. The van der Waals surface area contributed by atoms with Gasteiger partial charge >= 0.3 is 5.97 Å². The van der Waals surface area contributed by atoms with Crippen LogP contribution >= 0.6 is 23.6 Å². The van der Waals surface area contributed by atoms with Crippen molar-refractivity contribution in [3.8, 4) is 5.69 Å². The third-order valence-corrected chi connectivity index (χ3v) is 4.62. The molecule has 1 heterocycles. The van der Waals surface area contributed by atoms with Gasteiger partial charge in [0.25, 0.3) is 5.91 Å². The highest BCUT2D eigenvalue weighted by molar-refractivity contribution is 7.73. The van der Waals surface area contributed by atoms with E-state index in [0.717, 1.165) is 22.6 Å². The highest BCUT2D eigenvalue weighted by atomic mass is 32.1. The Kier molecular flexibility index (Phi) is 5.88. The number of nitrogens with one attached hydrogen (secondary N) is 1. The normalized spacial score (nSPS) is 10.2. The Labute approximate surface area is 148 Å². The molecule has 1 amide bonds. The predicted octanol–water partition coefficient (Wildman–Crippen LogP) is 2.48. The molecule has 24 heavy (non-hydrogen) atoms. The molecule has 0 saturated heterocycles. The standard InChI is InChI=1S/C16H17N3O3S2/c1-3-8-18-15(21)13-14(17)19(16(23)24-13)11-6-4-10(5-7-11)9-12(20)22-2/h3-7H,1,8-9,17H2,2H3,(H,18,21). The molecule has 0 spiro atoms. The summed E-state index contributed by atoms with van der Waals surface area (Å²) in [6.07, 6.45) is 1.78. The van der Waals surface area contributed by atoms with Gasteiger partial charge in [0.1, 0.15) is 10.7 Å². The lowest BCUT2D eigenvalue weighted by Gasteiger charge is -2.08. The first kappa shape index (κ1) is 17.9. The minimum Gasteiger partial charge on any atom is -0.469 e. The average molecular weight is 363 g/mol. The maximum absolute atomic E-state index is 12.1. The van der Waals surface area contributed by atoms with E-state index < -0.39 is 0 Å². The summed E-state index contributed by atoms with van der Waals surface area (Å²) in [7, 11) is 1.35. The van der Waals surface area contributed by atoms with Gasteiger partial charge in [0.2, 0.25) is 0 Å². The van der Waals surface area contributed by atoms with Crippen molar-refractivity contribution < 1.29 is 14.3 Å². The lowest BCUT2D eigenvalue weighted by atomic mass is 10.1. The quantitative estimate of drug-likeness (QED) is 0.468. The molecule has 0 bridgehead atoms. The van der Waals surface area contributed by atoms with E-state index in [4.69, 9.17) is 18.0 Å². The van der Waals surface area contributed by atoms with E-state index in [1.165, 1.54) is 7.11 Å². The predicted molar refractivity (Wildman–Crippen MR) is 97.1 cm³/mol. The van der Waals surface area contributed by atoms with Crippen molar-refractivity contribution in [3.05, 3.63) is 51.3 Å². The number of benzene rings is 1. The van der Waals surface area contributed by atoms with Crippen LogP contribution in [0.1, 0.15) is 15.2 Å². The van der Waals surface area contributed by atoms with Crippen LogP contribution < -0.4 is 11.1 Å². The Bertz CT molecular complexity index is 822. The van der Waals surface area contributed by atoms with Crippen molar-refractivity contribution in [2.75, 3.05) is 19.4 Å². The fraction of sp³-hybridized carbons (Fsp3) is 0.188. The van der Waals surface area contributed by atoms with Crippen LogP contribution in [0.2, 0.25) is 0 Å². The lowest BCUT2D eigenvalue weighted by Crippen LogP contribution is -2.23. The van der Waals surface area contributed by atoms with Gasteiger partial charge < -0.3 is 15.8 Å². The number of methoxy groups -OCH3 is 1. The number of rotatable bonds is 6. The number of anilines is 1. The molecule has 1 aromatic heterocycles. The first-order chi connectivity index (χ1) is 11.5. The van der Waals surface area contributed by atoms with Gasteiger partial charge in [0.05, 0.1) is 13.5 Å². The van der Waals surface area contributed by atoms with Gasteiger partial charge in [-0.15, -0.1) is 6.58 Å². The van der Waals surface area contributed by atoms with E-state index in [1.54, 1.807) is 34.9 Å². The number of nitrogens with zero attached hydrogens (tertiary/aromatic N) is 1. The zero-order valence-corrected chi connectivity index (χ0v) is 14.7. The average Bonchev–Trinajstić information content (AvgIpc) is 2.88. The van der Waals surface area contributed by atoms with E-state index in [0.29, 0.717) is 15.4 Å². The molecule has 6 nitrogen and oxygen atoms in total. The van der Waals surface area contributed by atoms with E-state index in [1.807, 2.05) is 0 Å². The SMILES string of the molecule is C=CCNC(=O)c1sc(=S)n(-c2ccc(CC(=O)OC)cc2)c1N. The van der Waals surface area contributed by atoms with E-state index >= 15 is 0 Å². The molecule has 2 rings (SSSR count). The number of thiazole rings is 1. The van der Waals surface area contributed by atoms with Gasteiger partial charge in [-0.1, -0.05) is 29.5 Å². The van der Waals surface area contributed by atoms with Gasteiger partial charge in [0, 0.05) is 12.2 Å². The van der Waals surface area contributed by atoms with Crippen molar-refractivity contribution in [2.45, 2.75) is 6.42 Å². The maximum Gasteiger partial charge on any atom is 0.309 e. The molecule has 0 atom stereocenters. The molecule has 0 saturated carbocycles. The Balaban J connectivity index is 2.31. The van der Waals surface area contributed by atoms with Crippen LogP contribution in [0.4, 0.5) is 5.82 Å². The van der Waals surface area contributed by atoms with Crippen molar-refractivity contribution in [1.82, 2.24) is 9.88 Å². The van der Waals surface area contributed by atoms with Gasteiger partial charge in [-0.05, 0) is 29.9 Å². The second kappa shape index (κ2) is 7.89. The molecule has 3 N–H and O–H groups in total. The number of nitrogen functional groups attached to an aromatic ring is 1. The Morgan fingerprint density at radius 1 is 1.42 bits per heavy atom. The zero-order chi connectivity index (χ0) is 17.7. The number of aromatic nitrogens is 1. The molecule has 0 fully saturated rings. The minimum absolute atomic E-state index is 0.191. The first-order valence-corrected chi connectivity index (χ1v) is 8.27. The van der Waals surface area contributed by atoms with Crippen LogP contribution in [0.25, 0.3) is 5.69 Å². The fourth-order valence-electron chi connectivity index (χ4n) is 2.04. The lowest BCUT2D eigenvalue weighted by molar-refractivity contribution is -0.139. The van der Waals surface area contributed by atoms with Crippen LogP contribution in [-0.2, 0) is 16.0 Å². The van der Waals surface area contributed by atoms with E-state index in [2.05, 4.69) is 16.6 Å². The summed E-state index contributed by atoms with van der Waals surface area (Å²) < 4.78 is 6.74. The van der Waals surface area contributed by atoms with Gasteiger partial charge in [0.15, 0.2) is 3.95 Å². The number of hydrogen-bond donors (Lipinski definition) is 2. The summed E-state index contributed by atoms with van der Waals surface area (Å²) in [4.78, 5) is 23.7. The molecule has 0 aliphatic rings. The highest BCUT2D eigenvalue weighted by Gasteiger charge is 2.17. The summed E-state index contributed by atoms with van der Waals surface area (Å²) in [5, 5.41) is 2.68. The zero-order valence-electron chi connectivity index (χ0n) is 13.1. The second-order valence-electron chi connectivity index (χ2n) is 4.84. The van der Waals surface area contributed by atoms with Gasteiger partial charge in [-0.25, -0.2) is 0 Å². The molecule has 126 valence electrons. The molecule has 2 aromatic rings. The van der Waals surface area contributed by atoms with Crippen molar-refractivity contribution in [3.63, 3.8) is 0 Å². The van der Waals surface area contributed by atoms with Crippen LogP contribution in [-0.4, -0.2) is 30.1 Å². The molecule has 1 aromatic carbocycles. The fourth-order valence-corrected chi connectivity index (χ4v) is 3.32. The number of esters is 1. The molecule has 0 aliphatic heterocycles. The smallest absolute Gasteiger partial charge is 0.309 e. The largest absolute Gasteiger partial charge is 0.469 e. The number of amides is 1. The Morgan fingerprint density at radius 2 is 2.08 bits per heavy atom. The Morgan fingerprint density at radius 3 is 2.67 bits per heavy atom. The van der Waals surface area contributed by atoms with Gasteiger partial charge in [-0.2, -0.15) is 0 Å². The van der Waals surface area contributed by atoms with Crippen molar-refractivity contribution in [1.29, 1.82) is 0 Å². The van der Waals surface area contributed by atoms with E-state index in [9.17, 15) is 9.59 Å². The second-order valence-corrected chi connectivity index (χ2v) is 6.48. The maximum atomic E-state index is 12.1. The Hall–Kier alpha value is -2.45. The molecular weight excluding hydrogens is 346 g/mol. The van der Waals surface area contributed by atoms with Crippen LogP contribution in [0.5, 0.6) is 0 Å². The first-order valence-electron chi connectivity index (χ1n) is 7.04. The summed E-state index contributed by atoms with van der Waals surface area (Å²) in [5.74, 6) is -0.313. The van der Waals surface area contributed by atoms with Crippen LogP contribution in [0, 0.1) is 3.95 Å². The molecule has 8 heteroatoms. The van der Waals surface area contributed by atoms with E-state index in [-0.39, 0.29) is 24.1 Å². The number of ether oxygens (including phenoxy) is 1. The number of hydrogen-bond acceptors (Lipinski definition) is 6. The topological polar surface area (TPSA) is 86.3 Å². The summed E-state index contributed by atoms with van der Waals surface area (Å²) in [5.41, 5.74) is 7.64.